The molecule has 0 aliphatic carbocycles. The third kappa shape index (κ3) is 4.06. The summed E-state index contributed by atoms with van der Waals surface area (Å²) in [6, 6.07) is 0. The normalized spacial score (nSPS) is 14.4. The van der Waals surface area contributed by atoms with Gasteiger partial charge >= 0.3 is 6.18 Å². The lowest BCUT2D eigenvalue weighted by Gasteiger charge is -2.10. The minimum absolute atomic E-state index is 0.0227. The summed E-state index contributed by atoms with van der Waals surface area (Å²) in [7, 11) is 1.36. The van der Waals surface area contributed by atoms with E-state index < -0.39 is 16.8 Å². The Morgan fingerprint density at radius 1 is 1.58 bits per heavy atom. The van der Waals surface area contributed by atoms with Crippen LogP contribution in [0.1, 0.15) is 6.42 Å². The van der Waals surface area contributed by atoms with Crippen LogP contribution < -0.4 is 0 Å². The van der Waals surface area contributed by atoms with Gasteiger partial charge in [0.1, 0.15) is 0 Å². The molecule has 0 aromatic rings. The van der Waals surface area contributed by atoms with E-state index in [2.05, 4.69) is 20.7 Å². The van der Waals surface area contributed by atoms with E-state index in [1.54, 1.807) is 0 Å². The Kier molecular flexibility index (Phi) is 4.77. The van der Waals surface area contributed by atoms with Crippen LogP contribution in [0, 0.1) is 0 Å². The van der Waals surface area contributed by atoms with Crippen molar-refractivity contribution in [2.75, 3.05) is 13.7 Å². The second-order valence-electron chi connectivity index (χ2n) is 2.11. The van der Waals surface area contributed by atoms with E-state index in [4.69, 9.17) is 0 Å². The number of Topliss-reactive ketones (excluding diaryl/α,β-unsaturated/α-hetero) is 1. The van der Waals surface area contributed by atoms with Gasteiger partial charge in [-0.05, 0) is 6.42 Å². The maximum absolute atomic E-state index is 11.7. The zero-order valence-electron chi connectivity index (χ0n) is 6.32. The molecule has 0 fully saturated rings. The number of ketones is 1. The van der Waals surface area contributed by atoms with Gasteiger partial charge in [0.25, 0.3) is 0 Å². The average molecular weight is 249 g/mol. The molecule has 0 heterocycles. The van der Waals surface area contributed by atoms with E-state index in [1.165, 1.54) is 7.11 Å². The highest BCUT2D eigenvalue weighted by Gasteiger charge is 2.41. The Bertz CT molecular complexity index is 157. The smallest absolute Gasteiger partial charge is 0.385 e. The fraction of sp³-hybridized carbons (Fsp3) is 0.833. The molecule has 0 aliphatic rings. The van der Waals surface area contributed by atoms with Crippen molar-refractivity contribution in [3.63, 3.8) is 0 Å². The topological polar surface area (TPSA) is 26.3 Å². The molecule has 0 spiro atoms. The van der Waals surface area contributed by atoms with Gasteiger partial charge in [0.15, 0.2) is 0 Å². The second-order valence-corrected chi connectivity index (χ2v) is 3.22. The summed E-state index contributed by atoms with van der Waals surface area (Å²) >= 11 is 2.63. The molecular formula is C6H8BrF3O2. The monoisotopic (exact) mass is 248 g/mol. The molecule has 0 aromatic carbocycles. The predicted molar refractivity (Wildman–Crippen MR) is 40.3 cm³/mol. The molecule has 6 heteroatoms. The van der Waals surface area contributed by atoms with E-state index in [1.807, 2.05) is 0 Å². The van der Waals surface area contributed by atoms with Crippen LogP contribution in [0.4, 0.5) is 13.2 Å². The first kappa shape index (κ1) is 11.9. The Morgan fingerprint density at radius 3 is 2.42 bits per heavy atom. The van der Waals surface area contributed by atoms with Crippen LogP contribution in [0.2, 0.25) is 0 Å². The zero-order valence-corrected chi connectivity index (χ0v) is 7.91. The van der Waals surface area contributed by atoms with Gasteiger partial charge in [-0.15, -0.1) is 0 Å². The molecule has 0 aromatic heterocycles. The number of ether oxygens (including phenoxy) is 1. The summed E-state index contributed by atoms with van der Waals surface area (Å²) < 4.78 is 39.6. The maximum atomic E-state index is 11.7. The Hall–Kier alpha value is -0.100. The lowest BCUT2D eigenvalue weighted by Crippen LogP contribution is -2.31. The van der Waals surface area contributed by atoms with Crippen molar-refractivity contribution in [2.24, 2.45) is 0 Å². The number of alkyl halides is 4. The average Bonchev–Trinajstić information content (AvgIpc) is 1.97. The summed E-state index contributed by atoms with van der Waals surface area (Å²) in [4.78, 5) is 9.25. The van der Waals surface area contributed by atoms with Gasteiger partial charge in [0, 0.05) is 13.7 Å². The van der Waals surface area contributed by atoms with Gasteiger partial charge in [0.2, 0.25) is 5.78 Å². The maximum Gasteiger partial charge on any atom is 0.451 e. The fourth-order valence-electron chi connectivity index (χ4n) is 0.530. The van der Waals surface area contributed by atoms with Crippen LogP contribution in [0.5, 0.6) is 0 Å². The molecule has 0 aliphatic heterocycles. The van der Waals surface area contributed by atoms with Crippen LogP contribution in [0.25, 0.3) is 0 Å². The molecule has 2 nitrogen and oxygen atoms in total. The number of rotatable bonds is 4. The minimum Gasteiger partial charge on any atom is -0.385 e. The van der Waals surface area contributed by atoms with Crippen molar-refractivity contribution in [1.82, 2.24) is 0 Å². The first-order valence-corrected chi connectivity index (χ1v) is 4.05. The molecule has 72 valence electrons. The highest BCUT2D eigenvalue weighted by atomic mass is 79.9. The number of carbonyl (C=O) groups is 1. The van der Waals surface area contributed by atoms with Crippen molar-refractivity contribution < 1.29 is 22.7 Å². The second kappa shape index (κ2) is 4.81. The van der Waals surface area contributed by atoms with Crippen LogP contribution in [0.15, 0.2) is 0 Å². The number of methoxy groups -OCH3 is 1. The van der Waals surface area contributed by atoms with Gasteiger partial charge < -0.3 is 4.74 Å². The van der Waals surface area contributed by atoms with Crippen LogP contribution in [0.3, 0.4) is 0 Å². The van der Waals surface area contributed by atoms with E-state index in [-0.39, 0.29) is 13.0 Å². The van der Waals surface area contributed by atoms with Crippen LogP contribution >= 0.6 is 15.9 Å². The fourth-order valence-corrected chi connectivity index (χ4v) is 0.976. The summed E-state index contributed by atoms with van der Waals surface area (Å²) in [5, 5.41) is 0. The van der Waals surface area contributed by atoms with Gasteiger partial charge in [-0.2, -0.15) is 13.2 Å². The standard InChI is InChI=1S/C6H8BrF3O2/c1-12-3-2-4(7)5(11)6(8,9)10/h4H,2-3H2,1H3. The molecule has 0 amide bonds. The molecule has 0 saturated heterocycles. The molecule has 12 heavy (non-hydrogen) atoms. The lowest BCUT2D eigenvalue weighted by molar-refractivity contribution is -0.170. The molecule has 1 atom stereocenters. The summed E-state index contributed by atoms with van der Waals surface area (Å²) in [5.41, 5.74) is 0. The Morgan fingerprint density at radius 2 is 2.08 bits per heavy atom. The van der Waals surface area contributed by atoms with E-state index in [0.717, 1.165) is 0 Å². The third-order valence-corrected chi connectivity index (χ3v) is 2.01. The first-order chi connectivity index (χ1) is 5.39. The minimum atomic E-state index is -4.76. The Balaban J connectivity index is 3.94. The van der Waals surface area contributed by atoms with Gasteiger partial charge in [-0.3, -0.25) is 4.79 Å². The first-order valence-electron chi connectivity index (χ1n) is 3.13. The molecule has 0 bridgehead atoms. The highest BCUT2D eigenvalue weighted by molar-refractivity contribution is 9.10. The molecule has 1 unspecified atom stereocenters. The van der Waals surface area contributed by atoms with Crippen LogP contribution in [-0.2, 0) is 9.53 Å². The number of carbonyl (C=O) groups excluding carboxylic acids is 1. The molecule has 0 saturated carbocycles. The van der Waals surface area contributed by atoms with Crippen molar-refractivity contribution in [1.29, 1.82) is 0 Å². The van der Waals surface area contributed by atoms with Gasteiger partial charge in [-0.25, -0.2) is 0 Å². The SMILES string of the molecule is COCCC(Br)C(=O)C(F)(F)F. The summed E-state index contributed by atoms with van der Waals surface area (Å²) in [6.45, 7) is 0.123. The number of hydrogen-bond donors (Lipinski definition) is 0. The quantitative estimate of drug-likeness (QED) is 0.711. The third-order valence-electron chi connectivity index (χ3n) is 1.14. The molecule has 0 N–H and O–H groups in total. The number of halogens is 4. The highest BCUT2D eigenvalue weighted by Crippen LogP contribution is 2.22. The summed E-state index contributed by atoms with van der Waals surface area (Å²) in [6.07, 6.45) is -4.74. The van der Waals surface area contributed by atoms with Crippen molar-refractivity contribution in [2.45, 2.75) is 17.4 Å². The summed E-state index contributed by atoms with van der Waals surface area (Å²) in [5.74, 6) is -1.76. The van der Waals surface area contributed by atoms with Crippen molar-refractivity contribution in [3.05, 3.63) is 0 Å². The predicted octanol–water partition coefficient (Wildman–Crippen LogP) is 1.92. The van der Waals surface area contributed by atoms with E-state index >= 15 is 0 Å². The molecular weight excluding hydrogens is 241 g/mol. The van der Waals surface area contributed by atoms with E-state index in [9.17, 15) is 18.0 Å². The largest absolute Gasteiger partial charge is 0.451 e. The van der Waals surface area contributed by atoms with Crippen molar-refractivity contribution in [3.8, 4) is 0 Å². The van der Waals surface area contributed by atoms with Crippen LogP contribution in [-0.4, -0.2) is 30.5 Å². The molecule has 0 rings (SSSR count). The van der Waals surface area contributed by atoms with E-state index in [0.29, 0.717) is 0 Å². The van der Waals surface area contributed by atoms with Gasteiger partial charge in [-0.1, -0.05) is 15.9 Å². The molecule has 0 radical (unpaired) electrons. The number of hydrogen-bond acceptors (Lipinski definition) is 2. The zero-order chi connectivity index (χ0) is 9.78. The van der Waals surface area contributed by atoms with Crippen molar-refractivity contribution >= 4 is 21.7 Å². The Labute approximate surface area is 76.2 Å². The lowest BCUT2D eigenvalue weighted by atomic mass is 10.2. The van der Waals surface area contributed by atoms with Gasteiger partial charge in [0.05, 0.1) is 4.83 Å².